The lowest BCUT2D eigenvalue weighted by atomic mass is 9.98. The molecule has 7 heteroatoms. The maximum Gasteiger partial charge on any atom is 0.319 e. The molecule has 0 aromatic heterocycles. The molecule has 2 bridgehead atoms. The summed E-state index contributed by atoms with van der Waals surface area (Å²) < 4.78 is 16.0. The van der Waals surface area contributed by atoms with Gasteiger partial charge in [0.2, 0.25) is 5.75 Å². The van der Waals surface area contributed by atoms with Gasteiger partial charge in [0.25, 0.3) is 0 Å². The van der Waals surface area contributed by atoms with Crippen LogP contribution in [0.15, 0.2) is 42.5 Å². The van der Waals surface area contributed by atoms with Crippen molar-refractivity contribution in [1.29, 1.82) is 0 Å². The lowest BCUT2D eigenvalue weighted by Crippen LogP contribution is -2.38. The molecule has 0 radical (unpaired) electrons. The number of hydrogen-bond donors (Lipinski definition) is 2. The van der Waals surface area contributed by atoms with Gasteiger partial charge in [0.1, 0.15) is 0 Å². The molecule has 1 aliphatic heterocycles. The summed E-state index contributed by atoms with van der Waals surface area (Å²) in [5, 5.41) is 5.96. The fraction of sp³-hybridized carbons (Fsp3) is 0.458. The Hall–Kier alpha value is -2.93. The zero-order chi connectivity index (χ0) is 21.8. The number of anilines is 1. The summed E-state index contributed by atoms with van der Waals surface area (Å²) in [6.07, 6.45) is 2.45. The van der Waals surface area contributed by atoms with Crippen LogP contribution in [0.5, 0.6) is 17.2 Å². The highest BCUT2D eigenvalue weighted by atomic mass is 16.5. The highest BCUT2D eigenvalue weighted by molar-refractivity contribution is 5.90. The van der Waals surface area contributed by atoms with Gasteiger partial charge in [0, 0.05) is 37.8 Å². The molecular weight excluding hydrogens is 394 g/mol. The molecule has 166 valence electrons. The second kappa shape index (κ2) is 9.47. The fourth-order valence-electron chi connectivity index (χ4n) is 5.09. The van der Waals surface area contributed by atoms with Crippen molar-refractivity contribution >= 4 is 11.7 Å². The highest BCUT2D eigenvalue weighted by Crippen LogP contribution is 2.43. The monoisotopic (exact) mass is 425 g/mol. The van der Waals surface area contributed by atoms with Crippen molar-refractivity contribution in [3.63, 3.8) is 0 Å². The number of urea groups is 1. The summed E-state index contributed by atoms with van der Waals surface area (Å²) in [7, 11) is 4.66. The lowest BCUT2D eigenvalue weighted by molar-refractivity contribution is 0.197. The second-order valence-electron chi connectivity index (χ2n) is 8.23. The zero-order valence-corrected chi connectivity index (χ0v) is 18.4. The summed E-state index contributed by atoms with van der Waals surface area (Å²) in [4.78, 5) is 15.2. The SMILES string of the molecule is COc1cc(NC(=O)NCC2C3CCC2N(Cc2ccccc2)C3)cc(OC)c1OC. The van der Waals surface area contributed by atoms with E-state index in [0.717, 1.165) is 13.1 Å². The number of amides is 2. The van der Waals surface area contributed by atoms with Gasteiger partial charge in [-0.15, -0.1) is 0 Å². The number of carbonyl (C=O) groups is 1. The molecular formula is C24H31N3O4. The first-order valence-electron chi connectivity index (χ1n) is 10.8. The molecule has 0 spiro atoms. The summed E-state index contributed by atoms with van der Waals surface area (Å²) in [6, 6.07) is 14.4. The molecule has 1 saturated carbocycles. The van der Waals surface area contributed by atoms with Crippen LogP contribution in [0.4, 0.5) is 10.5 Å². The molecule has 1 heterocycles. The van der Waals surface area contributed by atoms with Crippen molar-refractivity contribution in [2.24, 2.45) is 11.8 Å². The molecule has 7 nitrogen and oxygen atoms in total. The second-order valence-corrected chi connectivity index (χ2v) is 8.23. The molecule has 2 aromatic rings. The van der Waals surface area contributed by atoms with E-state index in [4.69, 9.17) is 14.2 Å². The van der Waals surface area contributed by atoms with Crippen LogP contribution in [0.25, 0.3) is 0 Å². The fourth-order valence-corrected chi connectivity index (χ4v) is 5.09. The van der Waals surface area contributed by atoms with Gasteiger partial charge in [-0.25, -0.2) is 4.79 Å². The summed E-state index contributed by atoms with van der Waals surface area (Å²) in [6.45, 7) is 2.77. The maximum atomic E-state index is 12.6. The van der Waals surface area contributed by atoms with E-state index >= 15 is 0 Å². The standard InChI is InChI=1S/C24H31N3O4/c1-29-21-11-18(12-22(30-2)23(21)31-3)26-24(28)25-13-19-17-9-10-20(19)27(15-17)14-16-7-5-4-6-8-16/h4-8,11-12,17,19-20H,9-10,13-15H2,1-3H3,(H2,25,26,28). The number of rotatable bonds is 8. The van der Waals surface area contributed by atoms with E-state index < -0.39 is 0 Å². The van der Waals surface area contributed by atoms with Crippen LogP contribution in [0.2, 0.25) is 0 Å². The Morgan fingerprint density at radius 2 is 1.74 bits per heavy atom. The van der Waals surface area contributed by atoms with Crippen LogP contribution in [-0.4, -0.2) is 51.4 Å². The zero-order valence-electron chi connectivity index (χ0n) is 18.4. The predicted octanol–water partition coefficient (Wildman–Crippen LogP) is 3.74. The minimum atomic E-state index is -0.227. The van der Waals surface area contributed by atoms with Gasteiger partial charge in [0.15, 0.2) is 11.5 Å². The Balaban J connectivity index is 1.34. The Labute approximate surface area is 183 Å². The molecule has 2 fully saturated rings. The number of nitrogens with one attached hydrogen (secondary N) is 2. The number of methoxy groups -OCH3 is 3. The van der Waals surface area contributed by atoms with Gasteiger partial charge in [0.05, 0.1) is 27.0 Å². The Morgan fingerprint density at radius 1 is 1.03 bits per heavy atom. The van der Waals surface area contributed by atoms with E-state index in [9.17, 15) is 4.79 Å². The molecule has 2 aromatic carbocycles. The molecule has 4 rings (SSSR count). The number of hydrogen-bond acceptors (Lipinski definition) is 5. The van der Waals surface area contributed by atoms with Gasteiger partial charge in [-0.05, 0) is 30.2 Å². The average Bonchev–Trinajstić information content (AvgIpc) is 3.34. The molecule has 2 aliphatic rings. The quantitative estimate of drug-likeness (QED) is 0.674. The van der Waals surface area contributed by atoms with Crippen LogP contribution in [0.3, 0.4) is 0 Å². The first-order valence-corrected chi connectivity index (χ1v) is 10.8. The van der Waals surface area contributed by atoms with E-state index in [2.05, 4.69) is 45.9 Å². The lowest BCUT2D eigenvalue weighted by Gasteiger charge is -2.27. The first kappa shape index (κ1) is 21.3. The Kier molecular flexibility index (Phi) is 6.51. The molecule has 1 aliphatic carbocycles. The first-order chi connectivity index (χ1) is 15.1. The van der Waals surface area contributed by atoms with Gasteiger partial charge in [-0.1, -0.05) is 30.3 Å². The van der Waals surface area contributed by atoms with Gasteiger partial charge in [-0.3, -0.25) is 4.90 Å². The van der Waals surface area contributed by atoms with Crippen LogP contribution in [-0.2, 0) is 6.54 Å². The van der Waals surface area contributed by atoms with Crippen molar-refractivity contribution in [3.8, 4) is 17.2 Å². The van der Waals surface area contributed by atoms with Crippen LogP contribution in [0.1, 0.15) is 18.4 Å². The summed E-state index contributed by atoms with van der Waals surface area (Å²) in [5.41, 5.74) is 1.94. The third kappa shape index (κ3) is 4.56. The minimum absolute atomic E-state index is 0.227. The number of piperidine rings is 1. The predicted molar refractivity (Wildman–Crippen MR) is 120 cm³/mol. The maximum absolute atomic E-state index is 12.6. The third-order valence-electron chi connectivity index (χ3n) is 6.52. The summed E-state index contributed by atoms with van der Waals surface area (Å²) in [5.74, 6) is 2.65. The molecule has 3 atom stereocenters. The number of likely N-dealkylation sites (tertiary alicyclic amines) is 1. The number of carbonyl (C=O) groups excluding carboxylic acids is 1. The highest BCUT2D eigenvalue weighted by Gasteiger charge is 2.46. The van der Waals surface area contributed by atoms with Crippen molar-refractivity contribution in [2.75, 3.05) is 39.7 Å². The number of fused-ring (bicyclic) bond motifs is 2. The van der Waals surface area contributed by atoms with Gasteiger partial charge >= 0.3 is 6.03 Å². The van der Waals surface area contributed by atoms with E-state index in [1.54, 1.807) is 33.5 Å². The van der Waals surface area contributed by atoms with E-state index in [1.807, 2.05) is 0 Å². The molecule has 31 heavy (non-hydrogen) atoms. The topological polar surface area (TPSA) is 72.1 Å². The number of benzene rings is 2. The molecule has 1 saturated heterocycles. The Bertz CT molecular complexity index is 880. The molecule has 2 N–H and O–H groups in total. The summed E-state index contributed by atoms with van der Waals surface area (Å²) >= 11 is 0. The Morgan fingerprint density at radius 3 is 2.39 bits per heavy atom. The van der Waals surface area contributed by atoms with Crippen molar-refractivity contribution in [3.05, 3.63) is 48.0 Å². The van der Waals surface area contributed by atoms with E-state index in [1.165, 1.54) is 18.4 Å². The average molecular weight is 426 g/mol. The normalized spacial score (nSPS) is 22.2. The van der Waals surface area contributed by atoms with Crippen LogP contribution in [0, 0.1) is 11.8 Å². The van der Waals surface area contributed by atoms with Crippen molar-refractivity contribution in [1.82, 2.24) is 10.2 Å². The van der Waals surface area contributed by atoms with E-state index in [-0.39, 0.29) is 6.03 Å². The largest absolute Gasteiger partial charge is 0.493 e. The smallest absolute Gasteiger partial charge is 0.319 e. The van der Waals surface area contributed by atoms with Gasteiger partial charge in [-0.2, -0.15) is 0 Å². The molecule has 2 amide bonds. The van der Waals surface area contributed by atoms with Crippen molar-refractivity contribution in [2.45, 2.75) is 25.4 Å². The molecule has 3 unspecified atom stereocenters. The van der Waals surface area contributed by atoms with Crippen molar-refractivity contribution < 1.29 is 19.0 Å². The number of ether oxygens (including phenoxy) is 3. The number of nitrogens with zero attached hydrogens (tertiary/aromatic N) is 1. The minimum Gasteiger partial charge on any atom is -0.493 e. The van der Waals surface area contributed by atoms with Gasteiger partial charge < -0.3 is 24.8 Å². The van der Waals surface area contributed by atoms with E-state index in [0.29, 0.717) is 47.4 Å². The third-order valence-corrected chi connectivity index (χ3v) is 6.52. The van der Waals surface area contributed by atoms with Crippen LogP contribution < -0.4 is 24.8 Å². The van der Waals surface area contributed by atoms with Crippen LogP contribution >= 0.6 is 0 Å².